The second-order valence-electron chi connectivity index (χ2n) is 3.91. The standard InChI is InChI=1S/C6H4ClNO4S.C6H5ClO2S/c7-13(11,12)6-4-2-1-3-5(6)8(9)10;7-10(8,9)6-4-2-1-3-5-6/h1-4H;1-5H. The summed E-state index contributed by atoms with van der Waals surface area (Å²) in [5, 5.41) is 10.4. The molecule has 11 heteroatoms. The van der Waals surface area contributed by atoms with Crippen LogP contribution in [0.25, 0.3) is 0 Å². The fraction of sp³-hybridized carbons (Fsp3) is 0. The summed E-state index contributed by atoms with van der Waals surface area (Å²) in [7, 11) is 2.43. The molecular formula is C12H9Cl2NO6S2. The van der Waals surface area contributed by atoms with Gasteiger partial charge in [0.25, 0.3) is 23.8 Å². The molecule has 23 heavy (non-hydrogen) atoms. The van der Waals surface area contributed by atoms with E-state index in [-0.39, 0.29) is 4.90 Å². The third-order valence-electron chi connectivity index (χ3n) is 2.35. The van der Waals surface area contributed by atoms with Crippen LogP contribution < -0.4 is 0 Å². The van der Waals surface area contributed by atoms with Crippen LogP contribution in [0.3, 0.4) is 0 Å². The number of halogens is 2. The van der Waals surface area contributed by atoms with Crippen LogP contribution in [-0.2, 0) is 18.1 Å². The summed E-state index contributed by atoms with van der Waals surface area (Å²) in [6, 6.07) is 12.8. The summed E-state index contributed by atoms with van der Waals surface area (Å²) in [6.45, 7) is 0. The SMILES string of the molecule is O=S(=O)(Cl)c1ccccc1.O=[N+]([O-])c1ccccc1S(=O)(=O)Cl. The Morgan fingerprint density at radius 1 is 0.783 bits per heavy atom. The zero-order chi connectivity index (χ0) is 17.7. The largest absolute Gasteiger partial charge is 0.289 e. The molecule has 0 aliphatic heterocycles. The molecule has 0 N–H and O–H groups in total. The first-order valence-electron chi connectivity index (χ1n) is 5.71. The highest BCUT2D eigenvalue weighted by molar-refractivity contribution is 8.14. The molecule has 0 radical (unpaired) electrons. The maximum Gasteiger partial charge on any atom is 0.289 e. The molecule has 7 nitrogen and oxygen atoms in total. The van der Waals surface area contributed by atoms with E-state index in [0.717, 1.165) is 12.1 Å². The van der Waals surface area contributed by atoms with Crippen LogP contribution in [0.1, 0.15) is 0 Å². The fourth-order valence-electron chi connectivity index (χ4n) is 1.40. The van der Waals surface area contributed by atoms with E-state index in [1.165, 1.54) is 24.3 Å². The zero-order valence-electron chi connectivity index (χ0n) is 11.2. The number of hydrogen-bond donors (Lipinski definition) is 0. The van der Waals surface area contributed by atoms with Gasteiger partial charge in [0, 0.05) is 27.4 Å². The fourth-order valence-corrected chi connectivity index (χ4v) is 3.21. The van der Waals surface area contributed by atoms with Crippen molar-refractivity contribution in [2.75, 3.05) is 0 Å². The van der Waals surface area contributed by atoms with Gasteiger partial charge < -0.3 is 0 Å². The summed E-state index contributed by atoms with van der Waals surface area (Å²) < 4.78 is 42.8. The van der Waals surface area contributed by atoms with E-state index in [4.69, 9.17) is 21.4 Å². The van der Waals surface area contributed by atoms with E-state index in [0.29, 0.717) is 0 Å². The van der Waals surface area contributed by atoms with Crippen molar-refractivity contribution >= 4 is 45.2 Å². The Morgan fingerprint density at radius 2 is 1.26 bits per heavy atom. The molecular weight excluding hydrogens is 389 g/mol. The second-order valence-corrected chi connectivity index (χ2v) is 9.01. The van der Waals surface area contributed by atoms with Crippen LogP contribution in [0.4, 0.5) is 5.69 Å². The predicted octanol–water partition coefficient (Wildman–Crippen LogP) is 3.14. The van der Waals surface area contributed by atoms with Gasteiger partial charge in [-0.05, 0) is 18.2 Å². The van der Waals surface area contributed by atoms with E-state index < -0.39 is 33.6 Å². The molecule has 2 rings (SSSR count). The number of rotatable bonds is 3. The highest BCUT2D eigenvalue weighted by atomic mass is 35.7. The molecule has 0 fully saturated rings. The molecule has 0 aliphatic rings. The van der Waals surface area contributed by atoms with Crippen LogP contribution in [0.5, 0.6) is 0 Å². The number of nitrogens with zero attached hydrogens (tertiary/aromatic N) is 1. The topological polar surface area (TPSA) is 111 Å². The first-order chi connectivity index (χ1) is 10.5. The molecule has 0 heterocycles. The van der Waals surface area contributed by atoms with Gasteiger partial charge in [0.15, 0.2) is 4.90 Å². The molecule has 2 aromatic rings. The Hall–Kier alpha value is -1.68. The maximum absolute atomic E-state index is 10.8. The van der Waals surface area contributed by atoms with Gasteiger partial charge in [0.05, 0.1) is 9.82 Å². The van der Waals surface area contributed by atoms with Gasteiger partial charge in [-0.25, -0.2) is 16.8 Å². The molecule has 2 aromatic carbocycles. The first-order valence-corrected chi connectivity index (χ1v) is 10.3. The minimum Gasteiger partial charge on any atom is -0.258 e. The van der Waals surface area contributed by atoms with Crippen molar-refractivity contribution in [1.82, 2.24) is 0 Å². The minimum atomic E-state index is -4.05. The Morgan fingerprint density at radius 3 is 1.61 bits per heavy atom. The maximum atomic E-state index is 10.8. The van der Waals surface area contributed by atoms with E-state index in [2.05, 4.69) is 0 Å². The Labute approximate surface area is 141 Å². The summed E-state index contributed by atoms with van der Waals surface area (Å²) in [5.74, 6) is 0. The summed E-state index contributed by atoms with van der Waals surface area (Å²) >= 11 is 0. The zero-order valence-corrected chi connectivity index (χ0v) is 14.3. The molecule has 0 aliphatic carbocycles. The number of benzene rings is 2. The Kier molecular flexibility index (Phi) is 6.51. The lowest BCUT2D eigenvalue weighted by atomic mass is 10.3. The van der Waals surface area contributed by atoms with E-state index in [9.17, 15) is 26.9 Å². The first kappa shape index (κ1) is 19.4. The van der Waals surface area contributed by atoms with E-state index in [1.54, 1.807) is 18.2 Å². The number of hydrogen-bond acceptors (Lipinski definition) is 6. The summed E-state index contributed by atoms with van der Waals surface area (Å²) in [6.07, 6.45) is 0. The molecule has 0 saturated heterocycles. The van der Waals surface area contributed by atoms with Crippen molar-refractivity contribution in [3.8, 4) is 0 Å². The predicted molar refractivity (Wildman–Crippen MR) is 85.6 cm³/mol. The normalized spacial score (nSPS) is 11.2. The second kappa shape index (κ2) is 7.73. The van der Waals surface area contributed by atoms with Gasteiger partial charge in [0.1, 0.15) is 0 Å². The average molecular weight is 398 g/mol. The van der Waals surface area contributed by atoms with Gasteiger partial charge in [-0.1, -0.05) is 30.3 Å². The van der Waals surface area contributed by atoms with Gasteiger partial charge in [-0.15, -0.1) is 0 Å². The van der Waals surface area contributed by atoms with Crippen LogP contribution >= 0.6 is 21.4 Å². The molecule has 0 atom stereocenters. The number of nitro benzene ring substituents is 1. The highest BCUT2D eigenvalue weighted by Crippen LogP contribution is 2.25. The number of para-hydroxylation sites is 1. The third kappa shape index (κ3) is 6.14. The van der Waals surface area contributed by atoms with Crippen LogP contribution in [0.2, 0.25) is 0 Å². The smallest absolute Gasteiger partial charge is 0.258 e. The van der Waals surface area contributed by atoms with Crippen molar-refractivity contribution in [3.63, 3.8) is 0 Å². The highest BCUT2D eigenvalue weighted by Gasteiger charge is 2.22. The summed E-state index contributed by atoms with van der Waals surface area (Å²) in [4.78, 5) is 9.21. The molecule has 0 amide bonds. The molecule has 0 spiro atoms. The van der Waals surface area contributed by atoms with Gasteiger partial charge >= 0.3 is 0 Å². The molecule has 0 bridgehead atoms. The quantitative estimate of drug-likeness (QED) is 0.446. The lowest BCUT2D eigenvalue weighted by Crippen LogP contribution is -1.97. The van der Waals surface area contributed by atoms with Crippen molar-refractivity contribution < 1.29 is 21.8 Å². The Bertz CT molecular complexity index is 898. The van der Waals surface area contributed by atoms with Crippen LogP contribution in [0, 0.1) is 10.1 Å². The van der Waals surface area contributed by atoms with Crippen molar-refractivity contribution in [1.29, 1.82) is 0 Å². The van der Waals surface area contributed by atoms with Crippen molar-refractivity contribution in [2.45, 2.75) is 9.79 Å². The van der Waals surface area contributed by atoms with E-state index in [1.807, 2.05) is 0 Å². The van der Waals surface area contributed by atoms with Crippen LogP contribution in [-0.4, -0.2) is 21.8 Å². The van der Waals surface area contributed by atoms with Crippen molar-refractivity contribution in [2.24, 2.45) is 0 Å². The average Bonchev–Trinajstić information content (AvgIpc) is 2.47. The van der Waals surface area contributed by atoms with Gasteiger partial charge in [-0.3, -0.25) is 10.1 Å². The number of nitro groups is 1. The van der Waals surface area contributed by atoms with Crippen LogP contribution in [0.15, 0.2) is 64.4 Å². The van der Waals surface area contributed by atoms with E-state index >= 15 is 0 Å². The molecule has 124 valence electrons. The third-order valence-corrected chi connectivity index (χ3v) is 5.09. The monoisotopic (exact) mass is 397 g/mol. The molecule has 0 saturated carbocycles. The van der Waals surface area contributed by atoms with Crippen molar-refractivity contribution in [3.05, 3.63) is 64.7 Å². The van der Waals surface area contributed by atoms with Gasteiger partial charge in [0.2, 0.25) is 0 Å². The lowest BCUT2D eigenvalue weighted by Gasteiger charge is -1.96. The lowest BCUT2D eigenvalue weighted by molar-refractivity contribution is -0.387. The minimum absolute atomic E-state index is 0.136. The Balaban J connectivity index is 0.000000238. The van der Waals surface area contributed by atoms with Gasteiger partial charge in [-0.2, -0.15) is 0 Å². The molecule has 0 unspecified atom stereocenters. The summed E-state index contributed by atoms with van der Waals surface area (Å²) in [5.41, 5.74) is -0.516. The molecule has 0 aromatic heterocycles.